The standard InChI is InChI=1S/C19H16BrNO5/c1-12-8-14(4-5-15(12)20)21-18(22)10-24-19(23)7-3-13-2-6-16-17(9-13)26-11-25-16/h2-9H,10-11H2,1H3,(H,21,22). The third-order valence-electron chi connectivity index (χ3n) is 3.60. The minimum Gasteiger partial charge on any atom is -0.454 e. The molecule has 2 aromatic rings. The molecule has 6 nitrogen and oxygen atoms in total. The Balaban J connectivity index is 1.48. The van der Waals surface area contributed by atoms with Crippen molar-refractivity contribution in [1.29, 1.82) is 0 Å². The van der Waals surface area contributed by atoms with Crippen LogP contribution in [0.4, 0.5) is 5.69 Å². The average Bonchev–Trinajstić information content (AvgIpc) is 3.09. The van der Waals surface area contributed by atoms with Gasteiger partial charge in [-0.3, -0.25) is 4.79 Å². The first-order valence-electron chi connectivity index (χ1n) is 7.82. The lowest BCUT2D eigenvalue weighted by molar-refractivity contribution is -0.142. The number of anilines is 1. The molecule has 0 spiro atoms. The summed E-state index contributed by atoms with van der Waals surface area (Å²) >= 11 is 3.39. The molecule has 134 valence electrons. The average molecular weight is 418 g/mol. The van der Waals surface area contributed by atoms with Gasteiger partial charge in [0.1, 0.15) is 0 Å². The molecule has 0 radical (unpaired) electrons. The van der Waals surface area contributed by atoms with Crippen molar-refractivity contribution in [1.82, 2.24) is 0 Å². The van der Waals surface area contributed by atoms with Gasteiger partial charge < -0.3 is 19.5 Å². The second kappa shape index (κ2) is 8.05. The number of carbonyl (C=O) groups is 2. The van der Waals surface area contributed by atoms with Gasteiger partial charge in [-0.2, -0.15) is 0 Å². The zero-order valence-corrected chi connectivity index (χ0v) is 15.5. The number of nitrogens with one attached hydrogen (secondary N) is 1. The molecule has 0 atom stereocenters. The van der Waals surface area contributed by atoms with Crippen LogP contribution in [0.15, 0.2) is 46.9 Å². The Labute approximate surface area is 158 Å². The first-order valence-corrected chi connectivity index (χ1v) is 8.61. The summed E-state index contributed by atoms with van der Waals surface area (Å²) in [6.45, 7) is 1.75. The summed E-state index contributed by atoms with van der Waals surface area (Å²) in [6.07, 6.45) is 2.84. The predicted octanol–water partition coefficient (Wildman–Crippen LogP) is 3.68. The fourth-order valence-corrected chi connectivity index (χ4v) is 2.53. The Bertz CT molecular complexity index is 878. The third-order valence-corrected chi connectivity index (χ3v) is 4.49. The van der Waals surface area contributed by atoms with E-state index in [1.54, 1.807) is 30.3 Å². The van der Waals surface area contributed by atoms with Crippen LogP contribution in [-0.4, -0.2) is 25.3 Å². The van der Waals surface area contributed by atoms with Crippen molar-refractivity contribution in [2.75, 3.05) is 18.7 Å². The molecule has 0 saturated heterocycles. The molecule has 0 saturated carbocycles. The van der Waals surface area contributed by atoms with E-state index in [0.29, 0.717) is 17.2 Å². The Hall–Kier alpha value is -2.80. The predicted molar refractivity (Wildman–Crippen MR) is 100 cm³/mol. The minimum absolute atomic E-state index is 0.192. The van der Waals surface area contributed by atoms with Crippen molar-refractivity contribution in [2.24, 2.45) is 0 Å². The van der Waals surface area contributed by atoms with Gasteiger partial charge in [0.05, 0.1) is 0 Å². The summed E-state index contributed by atoms with van der Waals surface area (Å²) in [4.78, 5) is 23.6. The van der Waals surface area contributed by atoms with E-state index in [1.165, 1.54) is 6.08 Å². The highest BCUT2D eigenvalue weighted by Gasteiger charge is 2.12. The molecule has 1 N–H and O–H groups in total. The number of hydrogen-bond donors (Lipinski definition) is 1. The highest BCUT2D eigenvalue weighted by atomic mass is 79.9. The fraction of sp³-hybridized carbons (Fsp3) is 0.158. The maximum Gasteiger partial charge on any atom is 0.331 e. The lowest BCUT2D eigenvalue weighted by atomic mass is 10.2. The smallest absolute Gasteiger partial charge is 0.331 e. The molecule has 7 heteroatoms. The van der Waals surface area contributed by atoms with Crippen molar-refractivity contribution < 1.29 is 23.8 Å². The van der Waals surface area contributed by atoms with E-state index < -0.39 is 11.9 Å². The van der Waals surface area contributed by atoms with Crippen molar-refractivity contribution in [3.05, 3.63) is 58.1 Å². The summed E-state index contributed by atoms with van der Waals surface area (Å²) in [7, 11) is 0. The number of ether oxygens (including phenoxy) is 3. The number of amides is 1. The zero-order chi connectivity index (χ0) is 18.5. The fourth-order valence-electron chi connectivity index (χ4n) is 2.29. The second-order valence-corrected chi connectivity index (χ2v) is 6.42. The molecule has 1 amide bonds. The Morgan fingerprint density at radius 3 is 2.81 bits per heavy atom. The lowest BCUT2D eigenvalue weighted by Crippen LogP contribution is -2.20. The summed E-state index contributed by atoms with van der Waals surface area (Å²) in [5.74, 6) is 0.288. The summed E-state index contributed by atoms with van der Waals surface area (Å²) in [6, 6.07) is 10.7. The lowest BCUT2D eigenvalue weighted by Gasteiger charge is -2.07. The molecule has 0 unspecified atom stereocenters. The molecular formula is C19H16BrNO5. The Morgan fingerprint density at radius 2 is 2.00 bits per heavy atom. The molecule has 3 rings (SSSR count). The van der Waals surface area contributed by atoms with Crippen molar-refractivity contribution in [3.8, 4) is 11.5 Å². The van der Waals surface area contributed by atoms with Gasteiger partial charge in [-0.15, -0.1) is 0 Å². The number of halogens is 1. The monoisotopic (exact) mass is 417 g/mol. The number of rotatable bonds is 5. The Morgan fingerprint density at radius 1 is 1.19 bits per heavy atom. The van der Waals surface area contributed by atoms with E-state index in [2.05, 4.69) is 21.2 Å². The summed E-state index contributed by atoms with van der Waals surface area (Å²) in [5, 5.41) is 2.68. The summed E-state index contributed by atoms with van der Waals surface area (Å²) < 4.78 is 16.4. The van der Waals surface area contributed by atoms with Crippen LogP contribution >= 0.6 is 15.9 Å². The van der Waals surface area contributed by atoms with Crippen LogP contribution in [0.25, 0.3) is 6.08 Å². The van der Waals surface area contributed by atoms with Crippen molar-refractivity contribution in [3.63, 3.8) is 0 Å². The highest BCUT2D eigenvalue weighted by molar-refractivity contribution is 9.10. The maximum atomic E-state index is 11.9. The third kappa shape index (κ3) is 4.64. The quantitative estimate of drug-likeness (QED) is 0.593. The molecular weight excluding hydrogens is 402 g/mol. The Kier molecular flexibility index (Phi) is 5.58. The van der Waals surface area contributed by atoms with Crippen molar-refractivity contribution >= 4 is 39.6 Å². The number of esters is 1. The normalized spacial score (nSPS) is 12.2. The number of benzene rings is 2. The molecule has 0 bridgehead atoms. The number of hydrogen-bond acceptors (Lipinski definition) is 5. The second-order valence-electron chi connectivity index (χ2n) is 5.57. The van der Waals surface area contributed by atoms with Gasteiger partial charge in [-0.05, 0) is 54.5 Å². The summed E-state index contributed by atoms with van der Waals surface area (Å²) in [5.41, 5.74) is 2.40. The van der Waals surface area contributed by atoms with Gasteiger partial charge in [0.2, 0.25) is 6.79 Å². The van der Waals surface area contributed by atoms with Gasteiger partial charge in [0.15, 0.2) is 18.1 Å². The van der Waals surface area contributed by atoms with E-state index in [9.17, 15) is 9.59 Å². The van der Waals surface area contributed by atoms with Gasteiger partial charge in [0, 0.05) is 16.2 Å². The van der Waals surface area contributed by atoms with Gasteiger partial charge in [-0.1, -0.05) is 22.0 Å². The van der Waals surface area contributed by atoms with E-state index in [4.69, 9.17) is 14.2 Å². The number of fused-ring (bicyclic) bond motifs is 1. The molecule has 26 heavy (non-hydrogen) atoms. The number of carbonyl (C=O) groups excluding carboxylic acids is 2. The van der Waals surface area contributed by atoms with Crippen LogP contribution in [0.3, 0.4) is 0 Å². The van der Waals surface area contributed by atoms with Gasteiger partial charge >= 0.3 is 5.97 Å². The molecule has 0 fully saturated rings. The van der Waals surface area contributed by atoms with Crippen LogP contribution in [-0.2, 0) is 14.3 Å². The van der Waals surface area contributed by atoms with E-state index >= 15 is 0 Å². The largest absolute Gasteiger partial charge is 0.454 e. The first-order chi connectivity index (χ1) is 12.5. The van der Waals surface area contributed by atoms with Crippen molar-refractivity contribution in [2.45, 2.75) is 6.92 Å². The van der Waals surface area contributed by atoms with E-state index in [1.807, 2.05) is 19.1 Å². The molecule has 0 aliphatic carbocycles. The van der Waals surface area contributed by atoms with Crippen LogP contribution in [0, 0.1) is 6.92 Å². The number of aryl methyl sites for hydroxylation is 1. The van der Waals surface area contributed by atoms with Crippen LogP contribution in [0.5, 0.6) is 11.5 Å². The van der Waals surface area contributed by atoms with Crippen LogP contribution in [0.2, 0.25) is 0 Å². The topological polar surface area (TPSA) is 73.9 Å². The maximum absolute atomic E-state index is 11.9. The SMILES string of the molecule is Cc1cc(NC(=O)COC(=O)C=Cc2ccc3c(c2)OCO3)ccc1Br. The molecule has 1 heterocycles. The van der Waals surface area contributed by atoms with Gasteiger partial charge in [0.25, 0.3) is 5.91 Å². The highest BCUT2D eigenvalue weighted by Crippen LogP contribution is 2.32. The van der Waals surface area contributed by atoms with Crippen LogP contribution in [0.1, 0.15) is 11.1 Å². The first kappa shape index (κ1) is 18.0. The van der Waals surface area contributed by atoms with E-state index in [-0.39, 0.29) is 13.4 Å². The zero-order valence-electron chi connectivity index (χ0n) is 14.0. The van der Waals surface area contributed by atoms with E-state index in [0.717, 1.165) is 15.6 Å². The van der Waals surface area contributed by atoms with Crippen LogP contribution < -0.4 is 14.8 Å². The molecule has 2 aromatic carbocycles. The molecule has 1 aliphatic rings. The molecule has 1 aliphatic heterocycles. The minimum atomic E-state index is -0.607. The molecule has 0 aromatic heterocycles. The van der Waals surface area contributed by atoms with Gasteiger partial charge in [-0.25, -0.2) is 4.79 Å².